The van der Waals surface area contributed by atoms with Crippen LogP contribution < -0.4 is 9.80 Å². The lowest BCUT2D eigenvalue weighted by molar-refractivity contribution is 0.479. The summed E-state index contributed by atoms with van der Waals surface area (Å²) in [7, 11) is 4.35. The van der Waals surface area contributed by atoms with Crippen LogP contribution in [0.2, 0.25) is 0 Å². The maximum absolute atomic E-state index is 2.56. The molecule has 0 aliphatic carbocycles. The van der Waals surface area contributed by atoms with E-state index in [0.29, 0.717) is 0 Å². The van der Waals surface area contributed by atoms with Gasteiger partial charge in [0, 0.05) is 48.5 Å². The van der Waals surface area contributed by atoms with E-state index in [1.807, 2.05) is 0 Å². The van der Waals surface area contributed by atoms with E-state index in [1.165, 1.54) is 60.9 Å². The van der Waals surface area contributed by atoms with E-state index in [2.05, 4.69) is 174 Å². The quantitative estimate of drug-likeness (QED) is 0.168. The zero-order valence-corrected chi connectivity index (χ0v) is 28.2. The number of allylic oxidation sites excluding steroid dienone is 4. The average Bonchev–Trinajstić information content (AvgIpc) is 3.25. The summed E-state index contributed by atoms with van der Waals surface area (Å²) in [6.45, 7) is 12.7. The van der Waals surface area contributed by atoms with Gasteiger partial charge in [-0.1, -0.05) is 130 Å². The van der Waals surface area contributed by atoms with Gasteiger partial charge in [-0.05, 0) is 82.6 Å². The van der Waals surface area contributed by atoms with Gasteiger partial charge in [0.05, 0.1) is 0 Å². The largest absolute Gasteiger partial charge is 0.377 e. The number of aryl methyl sites for hydroxylation is 1. The molecule has 5 aromatic carbocycles. The molecule has 1 aliphatic rings. The molecular weight excluding hydrogens is 544 g/mol. The first-order valence-corrected chi connectivity index (χ1v) is 16.6. The maximum atomic E-state index is 2.56. The van der Waals surface area contributed by atoms with Crippen LogP contribution in [-0.2, 0) is 17.3 Å². The Balaban J connectivity index is 1.42. The molecule has 2 heteroatoms. The van der Waals surface area contributed by atoms with E-state index in [1.54, 1.807) is 0 Å². The number of benzene rings is 5. The van der Waals surface area contributed by atoms with Crippen LogP contribution in [-0.4, -0.2) is 20.6 Å². The SMILES string of the molecule is CCCN1/C(=C/C=C/CC(C)(Cc2ccc(C)cc2)c2c(N(C)C)ccc3ccccc23)C(C)(C)c2c1ccc1ccccc21. The molecule has 1 atom stereocenters. The Morgan fingerprint density at radius 3 is 2.13 bits per heavy atom. The van der Waals surface area contributed by atoms with Crippen molar-refractivity contribution in [2.75, 3.05) is 30.4 Å². The summed E-state index contributed by atoms with van der Waals surface area (Å²) in [6, 6.07) is 36.1. The van der Waals surface area contributed by atoms with Crippen LogP contribution in [0.1, 0.15) is 62.8 Å². The second kappa shape index (κ2) is 12.2. The molecule has 1 heterocycles. The fourth-order valence-electron chi connectivity index (χ4n) is 7.67. The summed E-state index contributed by atoms with van der Waals surface area (Å²) in [6.07, 6.45) is 10.2. The van der Waals surface area contributed by atoms with Crippen molar-refractivity contribution in [2.45, 2.75) is 64.7 Å². The highest BCUT2D eigenvalue weighted by Gasteiger charge is 2.40. The van der Waals surface area contributed by atoms with Gasteiger partial charge < -0.3 is 9.80 Å². The third kappa shape index (κ3) is 5.68. The molecule has 0 saturated carbocycles. The molecule has 0 fully saturated rings. The molecule has 0 aromatic heterocycles. The van der Waals surface area contributed by atoms with Crippen LogP contribution in [0.4, 0.5) is 11.4 Å². The third-order valence-corrected chi connectivity index (χ3v) is 9.87. The number of hydrogen-bond donors (Lipinski definition) is 0. The zero-order valence-electron chi connectivity index (χ0n) is 28.2. The Bertz CT molecular complexity index is 1890. The molecule has 0 radical (unpaired) electrons. The lowest BCUT2D eigenvalue weighted by Gasteiger charge is -2.35. The Kier molecular flexibility index (Phi) is 8.35. The van der Waals surface area contributed by atoms with Crippen molar-refractivity contribution in [3.63, 3.8) is 0 Å². The van der Waals surface area contributed by atoms with E-state index < -0.39 is 0 Å². The zero-order chi connectivity index (χ0) is 31.8. The highest BCUT2D eigenvalue weighted by Crippen LogP contribution is 2.51. The molecule has 0 amide bonds. The van der Waals surface area contributed by atoms with Crippen molar-refractivity contribution in [2.24, 2.45) is 0 Å². The first-order chi connectivity index (χ1) is 21.6. The molecule has 1 unspecified atom stereocenters. The fraction of sp³-hybridized carbons (Fsp3) is 0.302. The van der Waals surface area contributed by atoms with Crippen LogP contribution in [0.25, 0.3) is 21.5 Å². The standard InChI is InChI=1S/C43H48N2/c1-8-29-45-38-27-25-33-15-9-11-17-35(33)40(38)42(3,4)39(45)19-13-14-28-43(5,30-32-22-20-31(2)21-23-32)41-36-18-12-10-16-34(36)24-26-37(41)44(6)7/h9-27H,8,28-30H2,1-7H3/b14-13+,39-19+. The van der Waals surface area contributed by atoms with Gasteiger partial charge in [0.2, 0.25) is 0 Å². The van der Waals surface area contributed by atoms with Gasteiger partial charge in [0.1, 0.15) is 0 Å². The van der Waals surface area contributed by atoms with E-state index in [4.69, 9.17) is 0 Å². The monoisotopic (exact) mass is 592 g/mol. The molecule has 0 bridgehead atoms. The van der Waals surface area contributed by atoms with Gasteiger partial charge in [0.15, 0.2) is 0 Å². The lowest BCUT2D eigenvalue weighted by Crippen LogP contribution is -2.28. The number of anilines is 2. The molecule has 5 aromatic rings. The summed E-state index contributed by atoms with van der Waals surface area (Å²) in [5, 5.41) is 5.33. The Labute approximate surface area is 270 Å². The van der Waals surface area contributed by atoms with Crippen LogP contribution in [0.15, 0.2) is 121 Å². The van der Waals surface area contributed by atoms with Crippen LogP contribution in [0.5, 0.6) is 0 Å². The van der Waals surface area contributed by atoms with E-state index >= 15 is 0 Å². The normalized spacial score (nSPS) is 16.5. The average molecular weight is 593 g/mol. The number of rotatable bonds is 9. The first kappa shape index (κ1) is 30.7. The van der Waals surface area contributed by atoms with E-state index in [-0.39, 0.29) is 10.8 Å². The van der Waals surface area contributed by atoms with Crippen LogP contribution in [0.3, 0.4) is 0 Å². The van der Waals surface area contributed by atoms with Crippen LogP contribution in [0, 0.1) is 6.92 Å². The van der Waals surface area contributed by atoms with Crippen molar-refractivity contribution < 1.29 is 0 Å². The minimum absolute atomic E-state index is 0.0887. The topological polar surface area (TPSA) is 6.48 Å². The third-order valence-electron chi connectivity index (χ3n) is 9.87. The Hall–Kier alpha value is -4.30. The molecule has 230 valence electrons. The second-order valence-corrected chi connectivity index (χ2v) is 13.9. The van der Waals surface area contributed by atoms with Crippen molar-refractivity contribution in [3.05, 3.63) is 143 Å². The van der Waals surface area contributed by atoms with Gasteiger partial charge in [0.25, 0.3) is 0 Å². The Morgan fingerprint density at radius 1 is 0.800 bits per heavy atom. The second-order valence-electron chi connectivity index (χ2n) is 13.9. The molecular formula is C43H48N2. The molecule has 0 N–H and O–H groups in total. The Morgan fingerprint density at radius 2 is 1.44 bits per heavy atom. The lowest BCUT2D eigenvalue weighted by atomic mass is 9.72. The molecule has 1 aliphatic heterocycles. The van der Waals surface area contributed by atoms with E-state index in [9.17, 15) is 0 Å². The van der Waals surface area contributed by atoms with Gasteiger partial charge in [-0.25, -0.2) is 0 Å². The van der Waals surface area contributed by atoms with Crippen molar-refractivity contribution in [1.82, 2.24) is 0 Å². The molecule has 6 rings (SSSR count). The van der Waals surface area contributed by atoms with Crippen molar-refractivity contribution in [3.8, 4) is 0 Å². The summed E-state index contributed by atoms with van der Waals surface area (Å²) in [4.78, 5) is 4.85. The first-order valence-electron chi connectivity index (χ1n) is 16.6. The highest BCUT2D eigenvalue weighted by molar-refractivity contribution is 5.95. The fourth-order valence-corrected chi connectivity index (χ4v) is 7.67. The van der Waals surface area contributed by atoms with Gasteiger partial charge in [-0.3, -0.25) is 0 Å². The summed E-state index contributed by atoms with van der Waals surface area (Å²) in [5.41, 5.74) is 9.38. The molecule has 0 saturated heterocycles. The molecule has 45 heavy (non-hydrogen) atoms. The summed E-state index contributed by atoms with van der Waals surface area (Å²) >= 11 is 0. The molecule has 0 spiro atoms. The number of fused-ring (bicyclic) bond motifs is 4. The smallest absolute Gasteiger partial charge is 0.0457 e. The van der Waals surface area contributed by atoms with Crippen molar-refractivity contribution >= 4 is 32.9 Å². The number of hydrogen-bond acceptors (Lipinski definition) is 2. The van der Waals surface area contributed by atoms with E-state index in [0.717, 1.165) is 25.8 Å². The van der Waals surface area contributed by atoms with Crippen molar-refractivity contribution in [1.29, 1.82) is 0 Å². The van der Waals surface area contributed by atoms with Gasteiger partial charge in [-0.2, -0.15) is 0 Å². The van der Waals surface area contributed by atoms with Gasteiger partial charge in [-0.15, -0.1) is 0 Å². The predicted octanol–water partition coefficient (Wildman–Crippen LogP) is 10.9. The van der Waals surface area contributed by atoms with Gasteiger partial charge >= 0.3 is 0 Å². The highest BCUT2D eigenvalue weighted by atomic mass is 15.2. The maximum Gasteiger partial charge on any atom is 0.0457 e. The predicted molar refractivity (Wildman–Crippen MR) is 197 cm³/mol. The minimum Gasteiger partial charge on any atom is -0.377 e. The summed E-state index contributed by atoms with van der Waals surface area (Å²) < 4.78 is 0. The number of nitrogens with zero attached hydrogens (tertiary/aromatic N) is 2. The minimum atomic E-state index is -0.113. The molecule has 2 nitrogen and oxygen atoms in total. The summed E-state index contributed by atoms with van der Waals surface area (Å²) in [5.74, 6) is 0. The van der Waals surface area contributed by atoms with Crippen LogP contribution >= 0.6 is 0 Å².